The van der Waals surface area contributed by atoms with Gasteiger partial charge < -0.3 is 14.2 Å². The SMILES string of the molecule is CCCCCCCCCCCCCCCCCC(=O)OC[C@@H](COC(=O)CCCCCCCCCCCCCC)OC(=O)CCCCCCCCCCC(C)C. The molecule has 0 aliphatic heterocycles. The van der Waals surface area contributed by atoms with E-state index < -0.39 is 6.10 Å². The molecule has 0 aliphatic carbocycles. The number of ether oxygens (including phenoxy) is 3. The number of unbranched alkanes of at least 4 members (excludes halogenated alkanes) is 32. The zero-order valence-corrected chi connectivity index (χ0v) is 38.1. The third-order valence-electron chi connectivity index (χ3n) is 11.3. The van der Waals surface area contributed by atoms with Crippen molar-refractivity contribution in [3.05, 3.63) is 0 Å². The van der Waals surface area contributed by atoms with E-state index >= 15 is 0 Å². The Kier molecular flexibility index (Phi) is 43.2. The van der Waals surface area contributed by atoms with E-state index in [9.17, 15) is 14.4 Å². The summed E-state index contributed by atoms with van der Waals surface area (Å²) in [5.74, 6) is -0.0560. The Hall–Kier alpha value is -1.59. The smallest absolute Gasteiger partial charge is 0.306 e. The third kappa shape index (κ3) is 43.5. The fourth-order valence-corrected chi connectivity index (χ4v) is 7.51. The molecule has 0 aromatic rings. The second kappa shape index (κ2) is 44.5. The molecule has 0 heterocycles. The van der Waals surface area contributed by atoms with Crippen molar-refractivity contribution in [2.75, 3.05) is 13.2 Å². The van der Waals surface area contributed by atoms with E-state index in [1.54, 1.807) is 0 Å². The molecule has 0 unspecified atom stereocenters. The van der Waals surface area contributed by atoms with Crippen LogP contribution < -0.4 is 0 Å². The van der Waals surface area contributed by atoms with E-state index in [0.29, 0.717) is 19.3 Å². The van der Waals surface area contributed by atoms with Crippen LogP contribution in [-0.4, -0.2) is 37.2 Å². The third-order valence-corrected chi connectivity index (χ3v) is 11.3. The molecule has 0 spiro atoms. The molecule has 6 heteroatoms. The second-order valence-electron chi connectivity index (χ2n) is 17.6. The Morgan fingerprint density at radius 3 is 0.875 bits per heavy atom. The Morgan fingerprint density at radius 2 is 0.589 bits per heavy atom. The lowest BCUT2D eigenvalue weighted by atomic mass is 10.0. The van der Waals surface area contributed by atoms with Crippen LogP contribution in [0.25, 0.3) is 0 Å². The minimum atomic E-state index is -0.760. The van der Waals surface area contributed by atoms with E-state index in [2.05, 4.69) is 27.7 Å². The zero-order valence-electron chi connectivity index (χ0n) is 38.1. The fraction of sp³-hybridized carbons (Fsp3) is 0.940. The summed E-state index contributed by atoms with van der Waals surface area (Å²) >= 11 is 0. The molecule has 0 aromatic heterocycles. The van der Waals surface area contributed by atoms with Gasteiger partial charge in [0.1, 0.15) is 13.2 Å². The highest BCUT2D eigenvalue weighted by Gasteiger charge is 2.19. The van der Waals surface area contributed by atoms with Crippen molar-refractivity contribution < 1.29 is 28.6 Å². The van der Waals surface area contributed by atoms with Crippen molar-refractivity contribution in [3.63, 3.8) is 0 Å². The van der Waals surface area contributed by atoms with Crippen molar-refractivity contribution in [2.45, 2.75) is 284 Å². The average molecular weight is 793 g/mol. The molecule has 6 nitrogen and oxygen atoms in total. The number of rotatable bonds is 45. The summed E-state index contributed by atoms with van der Waals surface area (Å²) in [6.45, 7) is 8.98. The van der Waals surface area contributed by atoms with Crippen molar-refractivity contribution in [2.24, 2.45) is 5.92 Å². The van der Waals surface area contributed by atoms with Crippen molar-refractivity contribution in [1.29, 1.82) is 0 Å². The number of hydrogen-bond donors (Lipinski definition) is 0. The Labute approximate surface area is 348 Å². The van der Waals surface area contributed by atoms with Gasteiger partial charge in [-0.3, -0.25) is 14.4 Å². The average Bonchev–Trinajstić information content (AvgIpc) is 3.18. The summed E-state index contributed by atoms with van der Waals surface area (Å²) in [6, 6.07) is 0. The van der Waals surface area contributed by atoms with E-state index in [4.69, 9.17) is 14.2 Å². The molecular weight excluding hydrogens is 697 g/mol. The summed E-state index contributed by atoms with van der Waals surface area (Å²) < 4.78 is 16.8. The molecule has 0 fully saturated rings. The van der Waals surface area contributed by atoms with Crippen molar-refractivity contribution in [1.82, 2.24) is 0 Å². The van der Waals surface area contributed by atoms with Crippen LogP contribution in [0.15, 0.2) is 0 Å². The van der Waals surface area contributed by atoms with Gasteiger partial charge >= 0.3 is 17.9 Å². The van der Waals surface area contributed by atoms with Crippen LogP contribution >= 0.6 is 0 Å². The Balaban J connectivity index is 4.29. The van der Waals surface area contributed by atoms with Crippen LogP contribution in [-0.2, 0) is 28.6 Å². The lowest BCUT2D eigenvalue weighted by Crippen LogP contribution is -2.30. The van der Waals surface area contributed by atoms with Gasteiger partial charge in [0.05, 0.1) is 0 Å². The van der Waals surface area contributed by atoms with Crippen LogP contribution in [0.1, 0.15) is 278 Å². The lowest BCUT2D eigenvalue weighted by Gasteiger charge is -2.18. The topological polar surface area (TPSA) is 78.9 Å². The van der Waals surface area contributed by atoms with E-state index in [1.807, 2.05) is 0 Å². The highest BCUT2D eigenvalue weighted by molar-refractivity contribution is 5.71. The maximum atomic E-state index is 12.7. The summed E-state index contributed by atoms with van der Waals surface area (Å²) in [5, 5.41) is 0. The quantitative estimate of drug-likeness (QED) is 0.0347. The van der Waals surface area contributed by atoms with Gasteiger partial charge in [0, 0.05) is 19.3 Å². The number of esters is 3. The first-order chi connectivity index (χ1) is 27.4. The molecule has 56 heavy (non-hydrogen) atoms. The Morgan fingerprint density at radius 1 is 0.339 bits per heavy atom. The van der Waals surface area contributed by atoms with Gasteiger partial charge in [0.15, 0.2) is 6.10 Å². The van der Waals surface area contributed by atoms with Gasteiger partial charge in [-0.1, -0.05) is 240 Å². The molecule has 0 saturated carbocycles. The van der Waals surface area contributed by atoms with Gasteiger partial charge in [-0.05, 0) is 25.2 Å². The van der Waals surface area contributed by atoms with Crippen LogP contribution in [0.4, 0.5) is 0 Å². The minimum absolute atomic E-state index is 0.0635. The molecule has 0 radical (unpaired) electrons. The fourth-order valence-electron chi connectivity index (χ4n) is 7.51. The summed E-state index contributed by atoms with van der Waals surface area (Å²) in [4.78, 5) is 37.8. The van der Waals surface area contributed by atoms with Gasteiger partial charge in [-0.2, -0.15) is 0 Å². The second-order valence-corrected chi connectivity index (χ2v) is 17.6. The molecule has 1 atom stereocenters. The molecule has 0 bridgehead atoms. The molecule has 0 saturated heterocycles. The first-order valence-corrected chi connectivity index (χ1v) is 24.9. The van der Waals surface area contributed by atoms with Crippen molar-refractivity contribution >= 4 is 17.9 Å². The first kappa shape index (κ1) is 54.4. The van der Waals surface area contributed by atoms with Crippen LogP contribution in [0.5, 0.6) is 0 Å². The number of carbonyl (C=O) groups is 3. The number of carbonyl (C=O) groups excluding carboxylic acids is 3. The molecule has 0 N–H and O–H groups in total. The lowest BCUT2D eigenvalue weighted by molar-refractivity contribution is -0.167. The standard InChI is InChI=1S/C50H96O6/c1-5-7-9-11-13-15-17-19-20-21-23-25-30-34-38-42-49(52)55-45-47(56-50(53)43-39-35-31-27-26-28-32-36-40-46(3)4)44-54-48(51)41-37-33-29-24-22-18-16-14-12-10-8-6-2/h46-47H,5-45H2,1-4H3/t47-/m1/s1. The minimum Gasteiger partial charge on any atom is -0.462 e. The van der Waals surface area contributed by atoms with Gasteiger partial charge in [0.25, 0.3) is 0 Å². The van der Waals surface area contributed by atoms with E-state index in [1.165, 1.54) is 173 Å². The maximum absolute atomic E-state index is 12.7. The normalized spacial score (nSPS) is 11.9. The predicted molar refractivity (Wildman–Crippen MR) is 238 cm³/mol. The van der Waals surface area contributed by atoms with Crippen LogP contribution in [0.2, 0.25) is 0 Å². The Bertz CT molecular complexity index is 841. The van der Waals surface area contributed by atoms with Gasteiger partial charge in [-0.15, -0.1) is 0 Å². The zero-order chi connectivity index (χ0) is 41.0. The monoisotopic (exact) mass is 793 g/mol. The first-order valence-electron chi connectivity index (χ1n) is 24.9. The molecule has 0 aromatic carbocycles. The van der Waals surface area contributed by atoms with Gasteiger partial charge in [0.2, 0.25) is 0 Å². The van der Waals surface area contributed by atoms with Crippen LogP contribution in [0.3, 0.4) is 0 Å². The molecule has 0 aliphatic rings. The van der Waals surface area contributed by atoms with Gasteiger partial charge in [-0.25, -0.2) is 0 Å². The summed E-state index contributed by atoms with van der Waals surface area (Å²) in [5.41, 5.74) is 0. The molecule has 332 valence electrons. The molecular formula is C50H96O6. The number of hydrogen-bond acceptors (Lipinski definition) is 6. The van der Waals surface area contributed by atoms with E-state index in [-0.39, 0.29) is 31.1 Å². The summed E-state index contributed by atoms with van der Waals surface area (Å²) in [7, 11) is 0. The molecule has 0 rings (SSSR count). The van der Waals surface area contributed by atoms with E-state index in [0.717, 1.165) is 63.7 Å². The van der Waals surface area contributed by atoms with Crippen molar-refractivity contribution in [3.8, 4) is 0 Å². The largest absolute Gasteiger partial charge is 0.462 e. The van der Waals surface area contributed by atoms with Crippen LogP contribution in [0, 0.1) is 5.92 Å². The summed E-state index contributed by atoms with van der Waals surface area (Å²) in [6.07, 6.45) is 45.2. The highest BCUT2D eigenvalue weighted by atomic mass is 16.6. The molecule has 0 amide bonds. The highest BCUT2D eigenvalue weighted by Crippen LogP contribution is 2.17. The predicted octanol–water partition coefficient (Wildman–Crippen LogP) is 15.9. The maximum Gasteiger partial charge on any atom is 0.306 e.